The van der Waals surface area contributed by atoms with Gasteiger partial charge in [0.05, 0.1) is 21.1 Å². The molecule has 2 N–H and O–H groups in total. The van der Waals surface area contributed by atoms with Crippen LogP contribution in [0.2, 0.25) is 0 Å². The van der Waals surface area contributed by atoms with Crippen LogP contribution in [0.1, 0.15) is 40.5 Å². The third-order valence-corrected chi connectivity index (χ3v) is 5.17. The number of nitro groups is 2. The van der Waals surface area contributed by atoms with Gasteiger partial charge in [-0.3, -0.25) is 40.7 Å². The number of anilines is 1. The highest BCUT2D eigenvalue weighted by molar-refractivity contribution is 6.03. The number of amides is 2. The first-order chi connectivity index (χ1) is 14.8. The number of hydrogen-bond donors (Lipinski definition) is 2. The summed E-state index contributed by atoms with van der Waals surface area (Å²) in [6.45, 7) is 3.56. The Labute approximate surface area is 177 Å². The lowest BCUT2D eigenvalue weighted by atomic mass is 9.98. The zero-order valence-corrected chi connectivity index (χ0v) is 16.7. The zero-order valence-electron chi connectivity index (χ0n) is 16.7. The average Bonchev–Trinajstić information content (AvgIpc) is 2.77. The maximum Gasteiger partial charge on any atom is 0.272 e. The predicted molar refractivity (Wildman–Crippen MR) is 112 cm³/mol. The van der Waals surface area contributed by atoms with Crippen molar-refractivity contribution in [2.24, 2.45) is 5.92 Å². The molecule has 0 atom stereocenters. The van der Waals surface area contributed by atoms with Gasteiger partial charge in [0.15, 0.2) is 0 Å². The van der Waals surface area contributed by atoms with Crippen LogP contribution in [0, 0.1) is 26.1 Å². The molecule has 11 nitrogen and oxygen atoms in total. The molecule has 3 rings (SSSR count). The molecule has 2 amide bonds. The fourth-order valence-corrected chi connectivity index (χ4v) is 3.36. The second-order valence-corrected chi connectivity index (χ2v) is 7.34. The highest BCUT2D eigenvalue weighted by atomic mass is 16.6. The first-order valence-corrected chi connectivity index (χ1v) is 9.65. The Kier molecular flexibility index (Phi) is 6.43. The van der Waals surface area contributed by atoms with E-state index in [1.807, 2.05) is 4.90 Å². The lowest BCUT2D eigenvalue weighted by molar-refractivity contribution is -0.385. The topological polar surface area (TPSA) is 148 Å². The maximum atomic E-state index is 12.8. The molecule has 0 spiro atoms. The van der Waals surface area contributed by atoms with Gasteiger partial charge in [-0.2, -0.15) is 0 Å². The summed E-state index contributed by atoms with van der Waals surface area (Å²) >= 11 is 0. The minimum absolute atomic E-state index is 0.0150. The zero-order chi connectivity index (χ0) is 22.5. The SMILES string of the molecule is CC1CCN(c2ccc([N+](=O)[O-])cc2C(=O)NNC(=O)c2cccc([N+](=O)[O-])c2)CC1. The summed E-state index contributed by atoms with van der Waals surface area (Å²) < 4.78 is 0. The number of carbonyl (C=O) groups is 2. The summed E-state index contributed by atoms with van der Waals surface area (Å²) in [5.74, 6) is -0.923. The fraction of sp³-hybridized carbons (Fsp3) is 0.300. The van der Waals surface area contributed by atoms with Crippen molar-refractivity contribution in [1.29, 1.82) is 0 Å². The van der Waals surface area contributed by atoms with Crippen molar-refractivity contribution in [2.45, 2.75) is 19.8 Å². The highest BCUT2D eigenvalue weighted by Crippen LogP contribution is 2.29. The van der Waals surface area contributed by atoms with Gasteiger partial charge in [0.1, 0.15) is 0 Å². The molecule has 0 radical (unpaired) electrons. The number of nitrogens with one attached hydrogen (secondary N) is 2. The quantitative estimate of drug-likeness (QED) is 0.550. The van der Waals surface area contributed by atoms with Crippen LogP contribution < -0.4 is 15.8 Å². The Morgan fingerprint density at radius 2 is 1.55 bits per heavy atom. The molecule has 1 aliphatic heterocycles. The second-order valence-electron chi connectivity index (χ2n) is 7.34. The Morgan fingerprint density at radius 1 is 0.935 bits per heavy atom. The molecule has 1 heterocycles. The van der Waals surface area contributed by atoms with Crippen molar-refractivity contribution in [3.05, 3.63) is 73.8 Å². The number of benzene rings is 2. The van der Waals surface area contributed by atoms with E-state index in [1.54, 1.807) is 0 Å². The first-order valence-electron chi connectivity index (χ1n) is 9.65. The Hall–Kier alpha value is -4.02. The van der Waals surface area contributed by atoms with Gasteiger partial charge in [0.25, 0.3) is 23.2 Å². The van der Waals surface area contributed by atoms with E-state index >= 15 is 0 Å². The van der Waals surface area contributed by atoms with Crippen molar-refractivity contribution in [1.82, 2.24) is 10.9 Å². The number of carbonyl (C=O) groups excluding carboxylic acids is 2. The third-order valence-electron chi connectivity index (χ3n) is 5.17. The van der Waals surface area contributed by atoms with Crippen LogP contribution in [-0.2, 0) is 0 Å². The molecule has 1 aliphatic rings. The van der Waals surface area contributed by atoms with Gasteiger partial charge in [-0.15, -0.1) is 0 Å². The predicted octanol–water partition coefficient (Wildman–Crippen LogP) is 2.81. The van der Waals surface area contributed by atoms with Gasteiger partial charge in [-0.05, 0) is 30.9 Å². The van der Waals surface area contributed by atoms with Crippen LogP contribution in [0.3, 0.4) is 0 Å². The molecular weight excluding hydrogens is 406 g/mol. The minimum Gasteiger partial charge on any atom is -0.371 e. The molecule has 1 saturated heterocycles. The lowest BCUT2D eigenvalue weighted by Gasteiger charge is -2.33. The molecule has 0 saturated carbocycles. The van der Waals surface area contributed by atoms with E-state index < -0.39 is 21.7 Å². The van der Waals surface area contributed by atoms with Crippen molar-refractivity contribution >= 4 is 28.9 Å². The molecule has 1 fully saturated rings. The maximum absolute atomic E-state index is 12.8. The Bertz CT molecular complexity index is 1030. The molecule has 11 heteroatoms. The Balaban J connectivity index is 1.79. The minimum atomic E-state index is -0.754. The van der Waals surface area contributed by atoms with Crippen molar-refractivity contribution in [3.8, 4) is 0 Å². The van der Waals surface area contributed by atoms with Gasteiger partial charge in [0, 0.05) is 42.9 Å². The van der Waals surface area contributed by atoms with E-state index in [0.29, 0.717) is 24.7 Å². The molecule has 0 aliphatic carbocycles. The molecule has 0 aromatic heterocycles. The Morgan fingerprint density at radius 3 is 2.19 bits per heavy atom. The van der Waals surface area contributed by atoms with Crippen molar-refractivity contribution in [3.63, 3.8) is 0 Å². The summed E-state index contributed by atoms with van der Waals surface area (Å²) in [4.78, 5) is 47.9. The normalized spacial score (nSPS) is 14.0. The van der Waals surface area contributed by atoms with E-state index in [4.69, 9.17) is 0 Å². The van der Waals surface area contributed by atoms with Gasteiger partial charge >= 0.3 is 0 Å². The van der Waals surface area contributed by atoms with E-state index in [9.17, 15) is 29.8 Å². The molecule has 2 aromatic rings. The van der Waals surface area contributed by atoms with E-state index in [2.05, 4.69) is 17.8 Å². The average molecular weight is 427 g/mol. The van der Waals surface area contributed by atoms with Crippen LogP contribution in [0.15, 0.2) is 42.5 Å². The van der Waals surface area contributed by atoms with Crippen molar-refractivity contribution in [2.75, 3.05) is 18.0 Å². The molecule has 0 unspecified atom stereocenters. The number of hydrazine groups is 1. The highest BCUT2D eigenvalue weighted by Gasteiger charge is 2.24. The number of nitro benzene ring substituents is 2. The van der Waals surface area contributed by atoms with Crippen LogP contribution in [-0.4, -0.2) is 34.8 Å². The van der Waals surface area contributed by atoms with E-state index in [0.717, 1.165) is 18.9 Å². The lowest BCUT2D eigenvalue weighted by Crippen LogP contribution is -2.42. The monoisotopic (exact) mass is 427 g/mol. The number of hydrogen-bond acceptors (Lipinski definition) is 7. The molecular formula is C20H21N5O6. The standard InChI is InChI=1S/C20H21N5O6/c1-13-7-9-23(10-8-13)18-6-5-16(25(30)31)12-17(18)20(27)22-21-19(26)14-3-2-4-15(11-14)24(28)29/h2-6,11-13H,7-10H2,1H3,(H,21,26)(H,22,27). The third kappa shape index (κ3) is 5.13. The summed E-state index contributed by atoms with van der Waals surface area (Å²) in [5.41, 5.74) is 4.52. The number of piperidine rings is 1. The molecule has 0 bridgehead atoms. The first kappa shape index (κ1) is 21.7. The van der Waals surface area contributed by atoms with Crippen LogP contribution in [0.5, 0.6) is 0 Å². The number of rotatable bonds is 5. The molecule has 2 aromatic carbocycles. The number of non-ortho nitro benzene ring substituents is 2. The summed E-state index contributed by atoms with van der Waals surface area (Å²) in [6, 6.07) is 9.08. The summed E-state index contributed by atoms with van der Waals surface area (Å²) in [5, 5.41) is 22.0. The van der Waals surface area contributed by atoms with E-state index in [1.165, 1.54) is 36.4 Å². The van der Waals surface area contributed by atoms with Crippen LogP contribution in [0.4, 0.5) is 17.1 Å². The molecule has 31 heavy (non-hydrogen) atoms. The van der Waals surface area contributed by atoms with Crippen LogP contribution >= 0.6 is 0 Å². The smallest absolute Gasteiger partial charge is 0.272 e. The summed E-state index contributed by atoms with van der Waals surface area (Å²) in [7, 11) is 0. The fourth-order valence-electron chi connectivity index (χ4n) is 3.36. The molecule has 162 valence electrons. The van der Waals surface area contributed by atoms with Gasteiger partial charge in [-0.1, -0.05) is 13.0 Å². The van der Waals surface area contributed by atoms with Gasteiger partial charge in [-0.25, -0.2) is 0 Å². The van der Waals surface area contributed by atoms with Crippen molar-refractivity contribution < 1.29 is 19.4 Å². The summed E-state index contributed by atoms with van der Waals surface area (Å²) in [6.07, 6.45) is 1.86. The van der Waals surface area contributed by atoms with Gasteiger partial charge < -0.3 is 4.90 Å². The number of nitrogens with zero attached hydrogens (tertiary/aromatic N) is 3. The second kappa shape index (κ2) is 9.20. The van der Waals surface area contributed by atoms with Gasteiger partial charge in [0.2, 0.25) is 0 Å². The van der Waals surface area contributed by atoms with Crippen LogP contribution in [0.25, 0.3) is 0 Å². The van der Waals surface area contributed by atoms with E-state index in [-0.39, 0.29) is 22.5 Å². The largest absolute Gasteiger partial charge is 0.371 e.